The summed E-state index contributed by atoms with van der Waals surface area (Å²) < 4.78 is 1.74. The molecule has 0 saturated heterocycles. The van der Waals surface area contributed by atoms with E-state index in [0.717, 1.165) is 17.0 Å². The highest BCUT2D eigenvalue weighted by atomic mass is 35.5. The highest BCUT2D eigenvalue weighted by molar-refractivity contribution is 6.31. The van der Waals surface area contributed by atoms with Crippen LogP contribution in [0.5, 0.6) is 0 Å². The Balaban J connectivity index is 2.02. The number of benzene rings is 1. The molecule has 5 heteroatoms. The molecule has 0 bridgehead atoms. The van der Waals surface area contributed by atoms with Crippen molar-refractivity contribution < 1.29 is 9.90 Å². The SMILES string of the molecule is O=C(O)c1cn(CCc2ccccc2Cl)cn1. The van der Waals surface area contributed by atoms with Crippen molar-refractivity contribution in [2.24, 2.45) is 0 Å². The highest BCUT2D eigenvalue weighted by Crippen LogP contribution is 2.15. The van der Waals surface area contributed by atoms with Gasteiger partial charge in [0.1, 0.15) is 0 Å². The standard InChI is InChI=1S/C12H11ClN2O2/c13-10-4-2-1-3-9(10)5-6-15-7-11(12(16)17)14-8-15/h1-4,7-8H,5-6H2,(H,16,17). The number of aromatic carboxylic acids is 1. The Labute approximate surface area is 103 Å². The van der Waals surface area contributed by atoms with Crippen LogP contribution in [0.25, 0.3) is 0 Å². The lowest BCUT2D eigenvalue weighted by molar-refractivity contribution is 0.0691. The molecular formula is C12H11ClN2O2. The molecule has 0 fully saturated rings. The van der Waals surface area contributed by atoms with Crippen molar-refractivity contribution in [3.63, 3.8) is 0 Å². The van der Waals surface area contributed by atoms with Crippen LogP contribution in [0.2, 0.25) is 5.02 Å². The van der Waals surface area contributed by atoms with Gasteiger partial charge in [-0.1, -0.05) is 29.8 Å². The summed E-state index contributed by atoms with van der Waals surface area (Å²) in [5, 5.41) is 9.46. The molecule has 0 radical (unpaired) electrons. The second kappa shape index (κ2) is 5.01. The number of carbonyl (C=O) groups is 1. The van der Waals surface area contributed by atoms with Gasteiger partial charge < -0.3 is 9.67 Å². The number of aryl methyl sites for hydroxylation is 2. The third-order valence-electron chi connectivity index (χ3n) is 2.45. The van der Waals surface area contributed by atoms with Crippen LogP contribution >= 0.6 is 11.6 Å². The number of halogens is 1. The van der Waals surface area contributed by atoms with Crippen LogP contribution in [-0.2, 0) is 13.0 Å². The zero-order valence-corrected chi connectivity index (χ0v) is 9.76. The van der Waals surface area contributed by atoms with Crippen LogP contribution in [-0.4, -0.2) is 20.6 Å². The molecule has 17 heavy (non-hydrogen) atoms. The zero-order valence-electron chi connectivity index (χ0n) is 9.01. The van der Waals surface area contributed by atoms with E-state index in [0.29, 0.717) is 6.54 Å². The lowest BCUT2D eigenvalue weighted by Crippen LogP contribution is -2.00. The quantitative estimate of drug-likeness (QED) is 0.907. The molecular weight excluding hydrogens is 240 g/mol. The van der Waals surface area contributed by atoms with Gasteiger partial charge in [0.25, 0.3) is 0 Å². The first-order chi connectivity index (χ1) is 8.16. The summed E-state index contributed by atoms with van der Waals surface area (Å²) >= 11 is 6.03. The Morgan fingerprint density at radius 1 is 1.41 bits per heavy atom. The third-order valence-corrected chi connectivity index (χ3v) is 2.82. The van der Waals surface area contributed by atoms with Gasteiger partial charge in [-0.15, -0.1) is 0 Å². The summed E-state index contributed by atoms with van der Waals surface area (Å²) in [4.78, 5) is 14.4. The number of hydrogen-bond donors (Lipinski definition) is 1. The van der Waals surface area contributed by atoms with Crippen molar-refractivity contribution in [2.75, 3.05) is 0 Å². The fourth-order valence-corrected chi connectivity index (χ4v) is 1.77. The Morgan fingerprint density at radius 2 is 2.18 bits per heavy atom. The van der Waals surface area contributed by atoms with Crippen molar-refractivity contribution in [1.29, 1.82) is 0 Å². The smallest absolute Gasteiger partial charge is 0.356 e. The average Bonchev–Trinajstić information content (AvgIpc) is 2.77. The number of carboxylic acid groups (broad SMARTS) is 1. The summed E-state index contributed by atoms with van der Waals surface area (Å²) in [5.41, 5.74) is 1.10. The van der Waals surface area contributed by atoms with Gasteiger partial charge in [-0.05, 0) is 18.1 Å². The molecule has 2 rings (SSSR count). The summed E-state index contributed by atoms with van der Waals surface area (Å²) in [6.45, 7) is 0.657. The second-order valence-corrected chi connectivity index (χ2v) is 4.05. The lowest BCUT2D eigenvalue weighted by Gasteiger charge is -2.04. The lowest BCUT2D eigenvalue weighted by atomic mass is 10.1. The third kappa shape index (κ3) is 2.85. The molecule has 88 valence electrons. The van der Waals surface area contributed by atoms with Crippen molar-refractivity contribution in [1.82, 2.24) is 9.55 Å². The van der Waals surface area contributed by atoms with Crippen LogP contribution in [0.4, 0.5) is 0 Å². The average molecular weight is 251 g/mol. The first-order valence-electron chi connectivity index (χ1n) is 5.15. The minimum Gasteiger partial charge on any atom is -0.476 e. The van der Waals surface area contributed by atoms with Crippen molar-refractivity contribution >= 4 is 17.6 Å². The van der Waals surface area contributed by atoms with E-state index in [1.807, 2.05) is 24.3 Å². The Morgan fingerprint density at radius 3 is 2.82 bits per heavy atom. The van der Waals surface area contributed by atoms with Gasteiger partial charge in [0.15, 0.2) is 5.69 Å². The number of carboxylic acids is 1. The van der Waals surface area contributed by atoms with Gasteiger partial charge in [0.2, 0.25) is 0 Å². The molecule has 0 aliphatic carbocycles. The zero-order chi connectivity index (χ0) is 12.3. The van der Waals surface area contributed by atoms with Gasteiger partial charge >= 0.3 is 5.97 Å². The van der Waals surface area contributed by atoms with E-state index in [1.54, 1.807) is 4.57 Å². The molecule has 4 nitrogen and oxygen atoms in total. The fourth-order valence-electron chi connectivity index (χ4n) is 1.54. The van der Waals surface area contributed by atoms with E-state index in [2.05, 4.69) is 4.98 Å². The molecule has 2 aromatic rings. The Kier molecular flexibility index (Phi) is 3.44. The maximum Gasteiger partial charge on any atom is 0.356 e. The summed E-state index contributed by atoms with van der Waals surface area (Å²) in [7, 11) is 0. The van der Waals surface area contributed by atoms with Crippen LogP contribution in [0.15, 0.2) is 36.8 Å². The monoisotopic (exact) mass is 250 g/mol. The van der Waals surface area contributed by atoms with Crippen molar-refractivity contribution in [3.8, 4) is 0 Å². The summed E-state index contributed by atoms with van der Waals surface area (Å²) in [6.07, 6.45) is 3.77. The molecule has 1 aromatic heterocycles. The van der Waals surface area contributed by atoms with E-state index in [1.165, 1.54) is 12.5 Å². The maximum absolute atomic E-state index is 10.6. The van der Waals surface area contributed by atoms with Crippen LogP contribution in [0.3, 0.4) is 0 Å². The molecule has 0 aliphatic heterocycles. The molecule has 0 saturated carbocycles. The normalized spacial score (nSPS) is 10.4. The van der Waals surface area contributed by atoms with Gasteiger partial charge in [-0.3, -0.25) is 0 Å². The minimum absolute atomic E-state index is 0.0594. The summed E-state index contributed by atoms with van der Waals surface area (Å²) in [5.74, 6) is -1.01. The fraction of sp³-hybridized carbons (Fsp3) is 0.167. The van der Waals surface area contributed by atoms with E-state index in [4.69, 9.17) is 16.7 Å². The number of nitrogens with zero attached hydrogens (tertiary/aromatic N) is 2. The largest absolute Gasteiger partial charge is 0.476 e. The first-order valence-corrected chi connectivity index (χ1v) is 5.53. The van der Waals surface area contributed by atoms with Crippen molar-refractivity contribution in [2.45, 2.75) is 13.0 Å². The molecule has 0 atom stereocenters. The van der Waals surface area contributed by atoms with Gasteiger partial charge in [0.05, 0.1) is 6.33 Å². The minimum atomic E-state index is -1.01. The molecule has 0 spiro atoms. The molecule has 0 amide bonds. The Hall–Kier alpha value is -1.81. The van der Waals surface area contributed by atoms with Crippen molar-refractivity contribution in [3.05, 3.63) is 53.1 Å². The predicted molar refractivity (Wildman–Crippen MR) is 64.3 cm³/mol. The van der Waals surface area contributed by atoms with E-state index >= 15 is 0 Å². The van der Waals surface area contributed by atoms with Crippen LogP contribution in [0, 0.1) is 0 Å². The van der Waals surface area contributed by atoms with E-state index in [-0.39, 0.29) is 5.69 Å². The number of imidazole rings is 1. The molecule has 1 heterocycles. The second-order valence-electron chi connectivity index (χ2n) is 3.64. The molecule has 1 aromatic carbocycles. The number of rotatable bonds is 4. The molecule has 1 N–H and O–H groups in total. The predicted octanol–water partition coefficient (Wildman–Crippen LogP) is 2.48. The van der Waals surface area contributed by atoms with Crippen LogP contribution < -0.4 is 0 Å². The Bertz CT molecular complexity index is 537. The highest BCUT2D eigenvalue weighted by Gasteiger charge is 2.06. The van der Waals surface area contributed by atoms with Crippen LogP contribution in [0.1, 0.15) is 16.1 Å². The summed E-state index contributed by atoms with van der Waals surface area (Å²) in [6, 6.07) is 7.61. The first kappa shape index (κ1) is 11.7. The molecule has 0 unspecified atom stereocenters. The maximum atomic E-state index is 10.6. The van der Waals surface area contributed by atoms with E-state index in [9.17, 15) is 4.79 Å². The van der Waals surface area contributed by atoms with E-state index < -0.39 is 5.97 Å². The van der Waals surface area contributed by atoms with Gasteiger partial charge in [0, 0.05) is 17.8 Å². The number of hydrogen-bond acceptors (Lipinski definition) is 2. The number of aromatic nitrogens is 2. The topological polar surface area (TPSA) is 55.1 Å². The van der Waals surface area contributed by atoms with Gasteiger partial charge in [-0.2, -0.15) is 0 Å². The molecule has 0 aliphatic rings. The van der Waals surface area contributed by atoms with Gasteiger partial charge in [-0.25, -0.2) is 9.78 Å².